The highest BCUT2D eigenvalue weighted by molar-refractivity contribution is 7.99. The molecule has 0 unspecified atom stereocenters. The molecule has 1 heterocycles. The Balaban J connectivity index is 1.43. The van der Waals surface area contributed by atoms with E-state index in [-0.39, 0.29) is 17.7 Å². The Morgan fingerprint density at radius 1 is 0.919 bits per heavy atom. The number of hydrogen-bond acceptors (Lipinski definition) is 4. The van der Waals surface area contributed by atoms with Gasteiger partial charge in [-0.05, 0) is 54.3 Å². The molecule has 1 N–H and O–H groups in total. The first-order valence-corrected chi connectivity index (χ1v) is 13.4. The number of benzene rings is 4. The maximum atomic E-state index is 12.8. The molecule has 0 fully saturated rings. The topological polar surface area (TPSA) is 59.8 Å². The van der Waals surface area contributed by atoms with E-state index >= 15 is 0 Å². The van der Waals surface area contributed by atoms with Crippen molar-refractivity contribution < 1.29 is 4.79 Å². The molecule has 0 aliphatic rings. The van der Waals surface area contributed by atoms with Crippen LogP contribution in [0, 0.1) is 13.8 Å². The van der Waals surface area contributed by atoms with Gasteiger partial charge in [-0.3, -0.25) is 9.36 Å². The summed E-state index contributed by atoms with van der Waals surface area (Å²) in [6.45, 7) is 6.19. The van der Waals surface area contributed by atoms with Gasteiger partial charge in [-0.2, -0.15) is 0 Å². The molecule has 6 heteroatoms. The van der Waals surface area contributed by atoms with Crippen LogP contribution < -0.4 is 5.32 Å². The van der Waals surface area contributed by atoms with E-state index in [1.54, 1.807) is 0 Å². The standard InChI is InChI=1S/C31H30N4OS/c1-21-16-17-28(22(2)18-21)35-29(19-26-14-9-13-25-12-7-8-15-27(25)26)33-34-31(35)37-20-30(36)32-23(3)24-10-5-4-6-11-24/h4-18,23H,19-20H2,1-3H3,(H,32,36)/t23-/m1/s1. The molecule has 5 rings (SSSR count). The lowest BCUT2D eigenvalue weighted by atomic mass is 10.0. The van der Waals surface area contributed by atoms with Gasteiger partial charge in [-0.1, -0.05) is 102 Å². The van der Waals surface area contributed by atoms with E-state index in [4.69, 9.17) is 0 Å². The zero-order chi connectivity index (χ0) is 25.8. The Bertz CT molecular complexity index is 1540. The molecule has 0 bridgehead atoms. The van der Waals surface area contributed by atoms with E-state index in [2.05, 4.69) is 94.6 Å². The van der Waals surface area contributed by atoms with Gasteiger partial charge in [0.25, 0.3) is 0 Å². The maximum absolute atomic E-state index is 12.8. The molecule has 0 spiro atoms. The van der Waals surface area contributed by atoms with E-state index in [0.29, 0.717) is 11.6 Å². The number of carbonyl (C=O) groups excluding carboxylic acids is 1. The summed E-state index contributed by atoms with van der Waals surface area (Å²) in [5.74, 6) is 1.07. The van der Waals surface area contributed by atoms with Crippen LogP contribution in [-0.4, -0.2) is 26.4 Å². The van der Waals surface area contributed by atoms with Gasteiger partial charge in [-0.25, -0.2) is 0 Å². The third kappa shape index (κ3) is 5.59. The fourth-order valence-electron chi connectivity index (χ4n) is 4.66. The van der Waals surface area contributed by atoms with Gasteiger partial charge < -0.3 is 5.32 Å². The van der Waals surface area contributed by atoms with E-state index in [9.17, 15) is 4.79 Å². The van der Waals surface area contributed by atoms with Crippen LogP contribution in [0.3, 0.4) is 0 Å². The van der Waals surface area contributed by atoms with Crippen LogP contribution >= 0.6 is 11.8 Å². The molecule has 4 aromatic carbocycles. The molecular formula is C31H30N4OS. The van der Waals surface area contributed by atoms with Crippen LogP contribution in [0.2, 0.25) is 0 Å². The Hall–Kier alpha value is -3.90. The van der Waals surface area contributed by atoms with Crippen molar-refractivity contribution in [3.05, 3.63) is 119 Å². The minimum atomic E-state index is -0.0616. The fourth-order valence-corrected chi connectivity index (χ4v) is 5.44. The van der Waals surface area contributed by atoms with Gasteiger partial charge >= 0.3 is 0 Å². The number of rotatable bonds is 8. The van der Waals surface area contributed by atoms with Gasteiger partial charge in [0.2, 0.25) is 5.91 Å². The zero-order valence-electron chi connectivity index (χ0n) is 21.3. The number of fused-ring (bicyclic) bond motifs is 1. The van der Waals surface area contributed by atoms with Gasteiger partial charge in [0.15, 0.2) is 5.16 Å². The van der Waals surface area contributed by atoms with Crippen molar-refractivity contribution in [2.75, 3.05) is 5.75 Å². The van der Waals surface area contributed by atoms with Gasteiger partial charge in [0.1, 0.15) is 5.82 Å². The summed E-state index contributed by atoms with van der Waals surface area (Å²) in [5.41, 5.74) is 5.65. The molecule has 1 aromatic heterocycles. The van der Waals surface area contributed by atoms with E-state index in [1.807, 2.05) is 37.3 Å². The number of nitrogens with one attached hydrogen (secondary N) is 1. The third-order valence-corrected chi connectivity index (χ3v) is 7.46. The van der Waals surface area contributed by atoms with Crippen molar-refractivity contribution in [1.29, 1.82) is 0 Å². The monoisotopic (exact) mass is 506 g/mol. The van der Waals surface area contributed by atoms with Gasteiger partial charge in [0, 0.05) is 6.42 Å². The van der Waals surface area contributed by atoms with Crippen molar-refractivity contribution in [1.82, 2.24) is 20.1 Å². The largest absolute Gasteiger partial charge is 0.349 e. The summed E-state index contributed by atoms with van der Waals surface area (Å²) in [6.07, 6.45) is 0.638. The summed E-state index contributed by atoms with van der Waals surface area (Å²) in [5, 5.41) is 15.4. The average Bonchev–Trinajstić information content (AvgIpc) is 3.30. The second kappa shape index (κ2) is 11.0. The molecule has 0 aliphatic heterocycles. The highest BCUT2D eigenvalue weighted by Crippen LogP contribution is 2.28. The molecule has 0 saturated carbocycles. The normalized spacial score (nSPS) is 12.0. The highest BCUT2D eigenvalue weighted by atomic mass is 32.2. The average molecular weight is 507 g/mol. The summed E-state index contributed by atoms with van der Waals surface area (Å²) in [7, 11) is 0. The zero-order valence-corrected chi connectivity index (χ0v) is 22.1. The molecule has 37 heavy (non-hydrogen) atoms. The predicted octanol–water partition coefficient (Wildman–Crippen LogP) is 6.60. The van der Waals surface area contributed by atoms with Crippen LogP contribution in [0.25, 0.3) is 16.5 Å². The summed E-state index contributed by atoms with van der Waals surface area (Å²) in [6, 6.07) is 31.1. The van der Waals surface area contributed by atoms with Crippen molar-refractivity contribution in [2.45, 2.75) is 38.4 Å². The van der Waals surface area contributed by atoms with E-state index in [1.165, 1.54) is 33.7 Å². The molecule has 0 aliphatic carbocycles. The van der Waals surface area contributed by atoms with E-state index in [0.717, 1.165) is 22.6 Å². The summed E-state index contributed by atoms with van der Waals surface area (Å²) >= 11 is 1.41. The Labute approximate surface area is 222 Å². The van der Waals surface area contributed by atoms with E-state index < -0.39 is 0 Å². The van der Waals surface area contributed by atoms with Crippen molar-refractivity contribution in [2.24, 2.45) is 0 Å². The smallest absolute Gasteiger partial charge is 0.230 e. The second-order valence-electron chi connectivity index (χ2n) is 9.33. The van der Waals surface area contributed by atoms with Gasteiger partial charge in [0.05, 0.1) is 17.5 Å². The van der Waals surface area contributed by atoms with Gasteiger partial charge in [-0.15, -0.1) is 10.2 Å². The van der Waals surface area contributed by atoms with Crippen LogP contribution in [0.5, 0.6) is 0 Å². The lowest BCUT2D eigenvalue weighted by Gasteiger charge is -2.15. The predicted molar refractivity (Wildman–Crippen MR) is 151 cm³/mol. The molecule has 5 nitrogen and oxygen atoms in total. The third-order valence-electron chi connectivity index (χ3n) is 6.53. The number of aromatic nitrogens is 3. The van der Waals surface area contributed by atoms with Crippen LogP contribution in [0.15, 0.2) is 96.2 Å². The maximum Gasteiger partial charge on any atom is 0.230 e. The second-order valence-corrected chi connectivity index (χ2v) is 10.3. The Kier molecular flexibility index (Phi) is 7.37. The van der Waals surface area contributed by atoms with Crippen molar-refractivity contribution in [3.63, 3.8) is 0 Å². The quantitative estimate of drug-likeness (QED) is 0.241. The number of hydrogen-bond donors (Lipinski definition) is 1. The Morgan fingerprint density at radius 3 is 2.49 bits per heavy atom. The Morgan fingerprint density at radius 2 is 1.68 bits per heavy atom. The molecule has 1 atom stereocenters. The highest BCUT2D eigenvalue weighted by Gasteiger charge is 2.19. The summed E-state index contributed by atoms with van der Waals surface area (Å²) < 4.78 is 2.11. The first-order valence-electron chi connectivity index (χ1n) is 12.5. The minimum Gasteiger partial charge on any atom is -0.349 e. The molecule has 0 radical (unpaired) electrons. The lowest BCUT2D eigenvalue weighted by molar-refractivity contribution is -0.119. The number of carbonyl (C=O) groups is 1. The minimum absolute atomic E-state index is 0.0351. The van der Waals surface area contributed by atoms with Crippen molar-refractivity contribution in [3.8, 4) is 5.69 Å². The molecular weight excluding hydrogens is 476 g/mol. The number of nitrogens with zero attached hydrogens (tertiary/aromatic N) is 3. The molecule has 0 saturated heterocycles. The first-order chi connectivity index (χ1) is 18.0. The lowest BCUT2D eigenvalue weighted by Crippen LogP contribution is -2.28. The number of amides is 1. The van der Waals surface area contributed by atoms with Crippen LogP contribution in [0.1, 0.15) is 41.0 Å². The SMILES string of the molecule is Cc1ccc(-n2c(Cc3cccc4ccccc34)nnc2SCC(=O)N[C@H](C)c2ccccc2)c(C)c1. The molecule has 186 valence electrons. The molecule has 5 aromatic rings. The summed E-state index contributed by atoms with van der Waals surface area (Å²) in [4.78, 5) is 12.8. The fraction of sp³-hybridized carbons (Fsp3) is 0.194. The van der Waals surface area contributed by atoms with Crippen LogP contribution in [0.4, 0.5) is 0 Å². The first kappa shape index (κ1) is 24.8. The van der Waals surface area contributed by atoms with Crippen LogP contribution in [-0.2, 0) is 11.2 Å². The number of aryl methyl sites for hydroxylation is 2. The van der Waals surface area contributed by atoms with Crippen molar-refractivity contribution >= 4 is 28.4 Å². The number of thioether (sulfide) groups is 1. The molecule has 1 amide bonds.